The molecule has 16 heavy (non-hydrogen) atoms. The van der Waals surface area contributed by atoms with Crippen molar-refractivity contribution >= 4 is 5.91 Å². The van der Waals surface area contributed by atoms with E-state index in [0.29, 0.717) is 0 Å². The van der Waals surface area contributed by atoms with Crippen molar-refractivity contribution in [2.45, 2.75) is 26.4 Å². The molecular formula is C11H17N3O2. The minimum Gasteiger partial charge on any atom is -0.389 e. The molecule has 1 aromatic heterocycles. The van der Waals surface area contributed by atoms with Crippen LogP contribution < -0.4 is 0 Å². The SMILES string of the molecule is Cc1cnc(C(=O)N(C)CC(C)(C)O)cn1. The minimum atomic E-state index is -0.914. The van der Waals surface area contributed by atoms with Crippen molar-refractivity contribution in [2.75, 3.05) is 13.6 Å². The summed E-state index contributed by atoms with van der Waals surface area (Å²) in [5, 5.41) is 9.60. The Morgan fingerprint density at radius 3 is 2.50 bits per heavy atom. The highest BCUT2D eigenvalue weighted by atomic mass is 16.3. The second kappa shape index (κ2) is 4.57. The van der Waals surface area contributed by atoms with Crippen LogP contribution in [0.2, 0.25) is 0 Å². The van der Waals surface area contributed by atoms with Crippen LogP contribution in [0.4, 0.5) is 0 Å². The number of rotatable bonds is 3. The molecule has 1 rings (SSSR count). The molecular weight excluding hydrogens is 206 g/mol. The van der Waals surface area contributed by atoms with Gasteiger partial charge in [0.2, 0.25) is 0 Å². The lowest BCUT2D eigenvalue weighted by atomic mass is 10.1. The predicted molar refractivity (Wildman–Crippen MR) is 60.0 cm³/mol. The van der Waals surface area contributed by atoms with Crippen LogP contribution in [0.3, 0.4) is 0 Å². The first-order valence-electron chi connectivity index (χ1n) is 5.06. The summed E-state index contributed by atoms with van der Waals surface area (Å²) in [5.74, 6) is -0.241. The van der Waals surface area contributed by atoms with Gasteiger partial charge in [-0.25, -0.2) is 4.98 Å². The van der Waals surface area contributed by atoms with Gasteiger partial charge in [-0.2, -0.15) is 0 Å². The third-order valence-corrected chi connectivity index (χ3v) is 1.97. The smallest absolute Gasteiger partial charge is 0.273 e. The van der Waals surface area contributed by atoms with E-state index in [1.54, 1.807) is 27.1 Å². The Bertz CT molecular complexity index is 368. The summed E-state index contributed by atoms with van der Waals surface area (Å²) in [7, 11) is 1.63. The van der Waals surface area contributed by atoms with Gasteiger partial charge in [0.15, 0.2) is 0 Å². The van der Waals surface area contributed by atoms with E-state index in [2.05, 4.69) is 9.97 Å². The fourth-order valence-corrected chi connectivity index (χ4v) is 1.35. The highest BCUT2D eigenvalue weighted by Gasteiger charge is 2.21. The number of nitrogens with zero attached hydrogens (tertiary/aromatic N) is 3. The van der Waals surface area contributed by atoms with E-state index in [1.807, 2.05) is 6.92 Å². The number of hydrogen-bond donors (Lipinski definition) is 1. The molecule has 0 aliphatic heterocycles. The fraction of sp³-hybridized carbons (Fsp3) is 0.545. The summed E-state index contributed by atoms with van der Waals surface area (Å²) in [6.45, 7) is 5.36. The Kier molecular flexibility index (Phi) is 3.59. The van der Waals surface area contributed by atoms with Crippen LogP contribution >= 0.6 is 0 Å². The lowest BCUT2D eigenvalue weighted by Gasteiger charge is -2.25. The normalized spacial score (nSPS) is 11.3. The van der Waals surface area contributed by atoms with Gasteiger partial charge in [0.05, 0.1) is 17.5 Å². The number of likely N-dealkylation sites (N-methyl/N-ethyl adjacent to an activating group) is 1. The molecule has 0 aromatic carbocycles. The Balaban J connectivity index is 2.74. The molecule has 1 aromatic rings. The summed E-state index contributed by atoms with van der Waals surface area (Å²) in [6, 6.07) is 0. The van der Waals surface area contributed by atoms with E-state index < -0.39 is 5.60 Å². The largest absolute Gasteiger partial charge is 0.389 e. The van der Waals surface area contributed by atoms with Gasteiger partial charge in [-0.1, -0.05) is 0 Å². The molecule has 0 spiro atoms. The van der Waals surface area contributed by atoms with E-state index in [9.17, 15) is 9.90 Å². The van der Waals surface area contributed by atoms with Crippen LogP contribution in [0, 0.1) is 6.92 Å². The van der Waals surface area contributed by atoms with Crippen LogP contribution in [0.1, 0.15) is 30.0 Å². The fourth-order valence-electron chi connectivity index (χ4n) is 1.35. The molecule has 0 atom stereocenters. The highest BCUT2D eigenvalue weighted by molar-refractivity contribution is 5.91. The second-order valence-electron chi connectivity index (χ2n) is 4.52. The topological polar surface area (TPSA) is 66.3 Å². The van der Waals surface area contributed by atoms with Crippen molar-refractivity contribution in [1.29, 1.82) is 0 Å². The zero-order valence-electron chi connectivity index (χ0n) is 10.1. The molecule has 0 bridgehead atoms. The number of carbonyl (C=O) groups is 1. The summed E-state index contributed by atoms with van der Waals surface area (Å²) < 4.78 is 0. The number of hydrogen-bond acceptors (Lipinski definition) is 4. The zero-order valence-corrected chi connectivity index (χ0v) is 10.1. The van der Waals surface area contributed by atoms with E-state index in [4.69, 9.17) is 0 Å². The summed E-state index contributed by atoms with van der Waals surface area (Å²) in [6.07, 6.45) is 2.99. The summed E-state index contributed by atoms with van der Waals surface area (Å²) in [5.41, 5.74) is 0.141. The average Bonchev–Trinajstić information content (AvgIpc) is 2.15. The molecule has 0 aliphatic carbocycles. The van der Waals surface area contributed by atoms with Gasteiger partial charge in [-0.05, 0) is 20.8 Å². The van der Waals surface area contributed by atoms with E-state index >= 15 is 0 Å². The maximum Gasteiger partial charge on any atom is 0.273 e. The number of amides is 1. The molecule has 0 fully saturated rings. The quantitative estimate of drug-likeness (QED) is 0.816. The molecule has 5 heteroatoms. The zero-order chi connectivity index (χ0) is 12.3. The lowest BCUT2D eigenvalue weighted by Crippen LogP contribution is -2.40. The van der Waals surface area contributed by atoms with E-state index in [1.165, 1.54) is 11.1 Å². The third kappa shape index (κ3) is 3.58. The first-order chi connectivity index (χ1) is 7.29. The van der Waals surface area contributed by atoms with Crippen LogP contribution in [0.25, 0.3) is 0 Å². The molecule has 1 heterocycles. The number of aryl methyl sites for hydroxylation is 1. The standard InChI is InChI=1S/C11H17N3O2/c1-8-5-13-9(6-12-8)10(15)14(4)7-11(2,3)16/h5-6,16H,7H2,1-4H3. The van der Waals surface area contributed by atoms with Gasteiger partial charge in [0.1, 0.15) is 5.69 Å². The molecule has 0 unspecified atom stereocenters. The van der Waals surface area contributed by atoms with Gasteiger partial charge >= 0.3 is 0 Å². The van der Waals surface area contributed by atoms with E-state index in [-0.39, 0.29) is 18.1 Å². The number of carbonyl (C=O) groups excluding carboxylic acids is 1. The van der Waals surface area contributed by atoms with Crippen LogP contribution in [-0.2, 0) is 0 Å². The summed E-state index contributed by atoms with van der Waals surface area (Å²) >= 11 is 0. The predicted octanol–water partition coefficient (Wildman–Crippen LogP) is 0.628. The van der Waals surface area contributed by atoms with Gasteiger partial charge in [-0.15, -0.1) is 0 Å². The Morgan fingerprint density at radius 2 is 2.06 bits per heavy atom. The average molecular weight is 223 g/mol. The third-order valence-electron chi connectivity index (χ3n) is 1.97. The molecule has 0 saturated heterocycles. The van der Waals surface area contributed by atoms with E-state index in [0.717, 1.165) is 5.69 Å². The van der Waals surface area contributed by atoms with Crippen molar-refractivity contribution in [3.05, 3.63) is 23.8 Å². The van der Waals surface area contributed by atoms with Crippen LogP contribution in [0.15, 0.2) is 12.4 Å². The van der Waals surface area contributed by atoms with Crippen molar-refractivity contribution in [1.82, 2.24) is 14.9 Å². The van der Waals surface area contributed by atoms with Gasteiger partial charge in [-0.3, -0.25) is 9.78 Å². The molecule has 1 N–H and O–H groups in total. The van der Waals surface area contributed by atoms with Gasteiger partial charge in [0.25, 0.3) is 5.91 Å². The Morgan fingerprint density at radius 1 is 1.44 bits per heavy atom. The number of aliphatic hydroxyl groups is 1. The van der Waals surface area contributed by atoms with Crippen molar-refractivity contribution < 1.29 is 9.90 Å². The van der Waals surface area contributed by atoms with Crippen molar-refractivity contribution in [3.8, 4) is 0 Å². The van der Waals surface area contributed by atoms with Gasteiger partial charge < -0.3 is 10.0 Å². The molecule has 0 radical (unpaired) electrons. The first-order valence-corrected chi connectivity index (χ1v) is 5.06. The molecule has 0 saturated carbocycles. The Labute approximate surface area is 95.1 Å². The van der Waals surface area contributed by atoms with Crippen LogP contribution in [0.5, 0.6) is 0 Å². The first kappa shape index (κ1) is 12.6. The molecule has 88 valence electrons. The molecule has 0 aliphatic rings. The maximum absolute atomic E-state index is 11.8. The van der Waals surface area contributed by atoms with Crippen LogP contribution in [-0.4, -0.2) is 45.1 Å². The summed E-state index contributed by atoms with van der Waals surface area (Å²) in [4.78, 5) is 21.3. The molecule has 1 amide bonds. The molecule has 5 nitrogen and oxygen atoms in total. The number of aromatic nitrogens is 2. The highest BCUT2D eigenvalue weighted by Crippen LogP contribution is 2.06. The minimum absolute atomic E-state index is 0.241. The lowest BCUT2D eigenvalue weighted by molar-refractivity contribution is 0.0364. The maximum atomic E-state index is 11.8. The van der Waals surface area contributed by atoms with Crippen molar-refractivity contribution in [2.24, 2.45) is 0 Å². The van der Waals surface area contributed by atoms with Gasteiger partial charge in [0, 0.05) is 19.8 Å². The monoisotopic (exact) mass is 223 g/mol. The van der Waals surface area contributed by atoms with Crippen molar-refractivity contribution in [3.63, 3.8) is 0 Å². The Hall–Kier alpha value is -1.49. The second-order valence-corrected chi connectivity index (χ2v) is 4.52.